The zero-order valence-corrected chi connectivity index (χ0v) is 10.2. The summed E-state index contributed by atoms with van der Waals surface area (Å²) in [6, 6.07) is 8.37. The van der Waals surface area contributed by atoms with E-state index >= 15 is 0 Å². The van der Waals surface area contributed by atoms with Crippen LogP contribution in [-0.2, 0) is 16.1 Å². The van der Waals surface area contributed by atoms with Crippen LogP contribution >= 0.6 is 0 Å². The molecule has 0 radical (unpaired) electrons. The van der Waals surface area contributed by atoms with Crippen molar-refractivity contribution >= 4 is 12.0 Å². The Morgan fingerprint density at radius 2 is 2.16 bits per heavy atom. The normalized spacial score (nSPS) is 28.4. The summed E-state index contributed by atoms with van der Waals surface area (Å²) < 4.78 is 5.16. The number of fused-ring (bicyclic) bond motifs is 1. The average molecular weight is 262 g/mol. The van der Waals surface area contributed by atoms with Crippen LogP contribution in [0.25, 0.3) is 0 Å². The highest BCUT2D eigenvalue weighted by Gasteiger charge is 2.55. The number of rotatable bonds is 2. The Kier molecular flexibility index (Phi) is 2.87. The zero-order chi connectivity index (χ0) is 13.4. The molecule has 100 valence electrons. The Hall–Kier alpha value is -2.08. The molecule has 6 heteroatoms. The fourth-order valence-corrected chi connectivity index (χ4v) is 2.46. The number of hydrogen-bond acceptors (Lipinski definition) is 4. The predicted octanol–water partition coefficient (Wildman–Crippen LogP) is -0.133. The molecular weight excluding hydrogens is 248 g/mol. The molecule has 3 atom stereocenters. The van der Waals surface area contributed by atoms with E-state index in [4.69, 9.17) is 4.74 Å². The fraction of sp³-hybridized carbons (Fsp3) is 0.385. The lowest BCUT2D eigenvalue weighted by molar-refractivity contribution is -0.134. The van der Waals surface area contributed by atoms with Crippen molar-refractivity contribution in [1.82, 2.24) is 10.2 Å². The van der Waals surface area contributed by atoms with Gasteiger partial charge in [-0.15, -0.1) is 0 Å². The van der Waals surface area contributed by atoms with E-state index in [0.29, 0.717) is 0 Å². The molecule has 3 rings (SSSR count). The number of aliphatic hydroxyl groups is 1. The van der Waals surface area contributed by atoms with Gasteiger partial charge in [0.1, 0.15) is 12.6 Å². The lowest BCUT2D eigenvalue weighted by Gasteiger charge is -2.35. The first-order chi connectivity index (χ1) is 9.16. The first-order valence-corrected chi connectivity index (χ1v) is 6.12. The molecule has 6 nitrogen and oxygen atoms in total. The lowest BCUT2D eigenvalue weighted by atomic mass is 9.99. The van der Waals surface area contributed by atoms with Crippen molar-refractivity contribution in [3.05, 3.63) is 35.9 Å². The van der Waals surface area contributed by atoms with Crippen molar-refractivity contribution in [2.45, 2.75) is 24.8 Å². The number of amides is 2. The number of carbonyl (C=O) groups excluding carboxylic acids is 2. The van der Waals surface area contributed by atoms with Crippen molar-refractivity contribution < 1.29 is 19.4 Å². The van der Waals surface area contributed by atoms with Crippen molar-refractivity contribution in [3.63, 3.8) is 0 Å². The molecule has 2 heterocycles. The number of likely N-dealkylation sites (tertiary alicyclic amines) is 1. The van der Waals surface area contributed by atoms with Gasteiger partial charge in [0.05, 0.1) is 18.7 Å². The number of β-amino-alcohol motifs (C(OH)–C–C–N with tert-alkyl or cyclic N) is 1. The standard InChI is InChI=1S/C13H14N2O4/c16-9-6-15(11-10(9)14-12(11)17)13(18)19-7-8-4-2-1-3-5-8/h1-5,9-11,16H,6-7H2,(H,14,17)/t9-,10+,11-/m0/s1. The molecule has 0 aliphatic carbocycles. The van der Waals surface area contributed by atoms with Crippen LogP contribution in [0.5, 0.6) is 0 Å². The van der Waals surface area contributed by atoms with Gasteiger partial charge in [0, 0.05) is 0 Å². The van der Waals surface area contributed by atoms with Gasteiger partial charge in [-0.3, -0.25) is 9.69 Å². The molecule has 2 amide bonds. The number of benzene rings is 1. The summed E-state index contributed by atoms with van der Waals surface area (Å²) in [6.45, 7) is 0.285. The maximum atomic E-state index is 11.9. The molecule has 2 fully saturated rings. The number of carbonyl (C=O) groups is 2. The summed E-state index contributed by atoms with van der Waals surface area (Å²) in [7, 11) is 0. The van der Waals surface area contributed by atoms with Gasteiger partial charge >= 0.3 is 6.09 Å². The first-order valence-electron chi connectivity index (χ1n) is 6.12. The molecule has 0 spiro atoms. The summed E-state index contributed by atoms with van der Waals surface area (Å²) in [4.78, 5) is 24.6. The average Bonchev–Trinajstić information content (AvgIpc) is 2.68. The highest BCUT2D eigenvalue weighted by Crippen LogP contribution is 2.26. The molecule has 1 aromatic carbocycles. The van der Waals surface area contributed by atoms with E-state index in [1.165, 1.54) is 4.90 Å². The third-order valence-corrected chi connectivity index (χ3v) is 3.49. The number of nitrogens with zero attached hydrogens (tertiary/aromatic N) is 1. The van der Waals surface area contributed by atoms with Crippen LogP contribution in [0.15, 0.2) is 30.3 Å². The first kappa shape index (κ1) is 12.0. The Bertz CT molecular complexity index is 505. The Morgan fingerprint density at radius 3 is 2.84 bits per heavy atom. The number of nitrogens with one attached hydrogen (secondary N) is 1. The second-order valence-corrected chi connectivity index (χ2v) is 4.74. The van der Waals surface area contributed by atoms with Crippen molar-refractivity contribution in [1.29, 1.82) is 0 Å². The topological polar surface area (TPSA) is 78.9 Å². The summed E-state index contributed by atoms with van der Waals surface area (Å²) in [6.07, 6.45) is -1.28. The molecule has 2 aliphatic rings. The van der Waals surface area contributed by atoms with E-state index < -0.39 is 18.2 Å². The molecule has 0 saturated carbocycles. The molecule has 2 aliphatic heterocycles. The second-order valence-electron chi connectivity index (χ2n) is 4.74. The van der Waals surface area contributed by atoms with E-state index in [0.717, 1.165) is 5.56 Å². The Balaban J connectivity index is 1.60. The van der Waals surface area contributed by atoms with E-state index in [9.17, 15) is 14.7 Å². The van der Waals surface area contributed by atoms with E-state index in [1.54, 1.807) is 0 Å². The fourth-order valence-electron chi connectivity index (χ4n) is 2.46. The molecule has 0 bridgehead atoms. The number of ether oxygens (including phenoxy) is 1. The molecule has 0 unspecified atom stereocenters. The summed E-state index contributed by atoms with van der Waals surface area (Å²) in [5.41, 5.74) is 0.880. The minimum absolute atomic E-state index is 0.127. The van der Waals surface area contributed by atoms with Gasteiger partial charge in [0.15, 0.2) is 0 Å². The van der Waals surface area contributed by atoms with Crippen LogP contribution in [0, 0.1) is 0 Å². The number of β-lactam (4-membered cyclic amide) rings is 1. The minimum atomic E-state index is -0.716. The Morgan fingerprint density at radius 1 is 1.42 bits per heavy atom. The highest BCUT2D eigenvalue weighted by molar-refractivity contribution is 5.93. The van der Waals surface area contributed by atoms with E-state index in [1.807, 2.05) is 30.3 Å². The Labute approximate surface area is 110 Å². The van der Waals surface area contributed by atoms with Gasteiger partial charge in [-0.25, -0.2) is 4.79 Å². The summed E-state index contributed by atoms with van der Waals surface area (Å²) >= 11 is 0. The lowest BCUT2D eigenvalue weighted by Crippen LogP contribution is -2.67. The summed E-state index contributed by atoms with van der Waals surface area (Å²) in [5, 5.41) is 12.3. The third-order valence-electron chi connectivity index (χ3n) is 3.49. The quantitative estimate of drug-likeness (QED) is 0.728. The van der Waals surface area contributed by atoms with Crippen molar-refractivity contribution in [2.75, 3.05) is 6.54 Å². The monoisotopic (exact) mass is 262 g/mol. The smallest absolute Gasteiger partial charge is 0.410 e. The van der Waals surface area contributed by atoms with E-state index in [-0.39, 0.29) is 25.1 Å². The van der Waals surface area contributed by atoms with Crippen LogP contribution in [0.1, 0.15) is 5.56 Å². The van der Waals surface area contributed by atoms with Gasteiger partial charge < -0.3 is 15.2 Å². The maximum Gasteiger partial charge on any atom is 0.410 e. The molecule has 2 N–H and O–H groups in total. The number of aliphatic hydroxyl groups excluding tert-OH is 1. The SMILES string of the molecule is O=C1N[C@H]2[C@@H]1N(C(=O)OCc1ccccc1)C[C@@H]2O. The molecular formula is C13H14N2O4. The molecule has 0 aromatic heterocycles. The van der Waals surface area contributed by atoms with Crippen LogP contribution in [0.4, 0.5) is 4.79 Å². The van der Waals surface area contributed by atoms with E-state index in [2.05, 4.69) is 5.32 Å². The zero-order valence-electron chi connectivity index (χ0n) is 10.2. The second kappa shape index (κ2) is 4.55. The van der Waals surface area contributed by atoms with Crippen molar-refractivity contribution in [3.8, 4) is 0 Å². The third kappa shape index (κ3) is 2.04. The van der Waals surface area contributed by atoms with Crippen LogP contribution in [0.2, 0.25) is 0 Å². The van der Waals surface area contributed by atoms with Gasteiger partial charge in [0.2, 0.25) is 5.91 Å². The maximum absolute atomic E-state index is 11.9. The molecule has 2 saturated heterocycles. The van der Waals surface area contributed by atoms with Crippen LogP contribution < -0.4 is 5.32 Å². The molecule has 1 aromatic rings. The molecule has 19 heavy (non-hydrogen) atoms. The van der Waals surface area contributed by atoms with Crippen molar-refractivity contribution in [2.24, 2.45) is 0 Å². The largest absolute Gasteiger partial charge is 0.445 e. The van der Waals surface area contributed by atoms with Gasteiger partial charge in [0.25, 0.3) is 0 Å². The van der Waals surface area contributed by atoms with Gasteiger partial charge in [-0.1, -0.05) is 30.3 Å². The number of hydrogen-bond donors (Lipinski definition) is 2. The summed E-state index contributed by atoms with van der Waals surface area (Å²) in [5.74, 6) is -0.238. The predicted molar refractivity (Wildman–Crippen MR) is 65.1 cm³/mol. The minimum Gasteiger partial charge on any atom is -0.445 e. The van der Waals surface area contributed by atoms with Crippen LogP contribution in [0.3, 0.4) is 0 Å². The highest BCUT2D eigenvalue weighted by atomic mass is 16.6. The van der Waals surface area contributed by atoms with Gasteiger partial charge in [-0.2, -0.15) is 0 Å². The van der Waals surface area contributed by atoms with Gasteiger partial charge in [-0.05, 0) is 5.56 Å². The van der Waals surface area contributed by atoms with Crippen LogP contribution in [-0.4, -0.2) is 46.7 Å².